The van der Waals surface area contributed by atoms with E-state index in [1.165, 1.54) is 5.56 Å². The zero-order valence-electron chi connectivity index (χ0n) is 32.6. The zero-order valence-corrected chi connectivity index (χ0v) is 32.6. The van der Waals surface area contributed by atoms with Crippen molar-refractivity contribution in [2.24, 2.45) is 0 Å². The lowest BCUT2D eigenvalue weighted by Crippen LogP contribution is -2.41. The minimum absolute atomic E-state index is 0.112. The van der Waals surface area contributed by atoms with Crippen LogP contribution in [0.5, 0.6) is 34.5 Å². The van der Waals surface area contributed by atoms with E-state index in [2.05, 4.69) is 60.3 Å². The molecule has 290 valence electrons. The number of hydrogen-bond acceptors (Lipinski definition) is 8. The summed E-state index contributed by atoms with van der Waals surface area (Å²) in [4.78, 5) is 13.5. The number of benzene rings is 4. The van der Waals surface area contributed by atoms with Gasteiger partial charge in [-0.25, -0.2) is 0 Å². The smallest absolute Gasteiger partial charge is 0.310 e. The molecule has 0 atom stereocenters. The first-order valence-corrected chi connectivity index (χ1v) is 19.3. The molecule has 3 heterocycles. The number of carbonyl (C=O) groups excluding carboxylic acids is 1. The monoisotopic (exact) mass is 756 g/mol. The third-order valence-electron chi connectivity index (χ3n) is 10.5. The molecule has 0 fully saturated rings. The van der Waals surface area contributed by atoms with Crippen LogP contribution >= 0.6 is 0 Å². The van der Waals surface area contributed by atoms with E-state index in [1.807, 2.05) is 36.4 Å². The Balaban J connectivity index is 0.981. The minimum Gasteiger partial charge on any atom is -0.496 e. The molecule has 0 bridgehead atoms. The van der Waals surface area contributed by atoms with Crippen molar-refractivity contribution >= 4 is 16.7 Å². The van der Waals surface area contributed by atoms with Crippen LogP contribution < -0.4 is 33.0 Å². The Morgan fingerprint density at radius 1 is 0.768 bits per heavy atom. The van der Waals surface area contributed by atoms with Crippen LogP contribution in [0.3, 0.4) is 0 Å². The summed E-state index contributed by atoms with van der Waals surface area (Å²) in [5, 5.41) is 1.80. The van der Waals surface area contributed by atoms with Crippen LogP contribution in [-0.4, -0.2) is 47.3 Å². The van der Waals surface area contributed by atoms with Gasteiger partial charge in [0.2, 0.25) is 12.5 Å². The van der Waals surface area contributed by atoms with Gasteiger partial charge in [0.1, 0.15) is 11.5 Å². The predicted molar refractivity (Wildman–Crippen MR) is 217 cm³/mol. The minimum atomic E-state index is -0.270. The molecule has 0 unspecified atom stereocenters. The second-order valence-electron chi connectivity index (χ2n) is 14.0. The summed E-state index contributed by atoms with van der Waals surface area (Å²) in [5.41, 5.74) is 8.42. The Bertz CT molecular complexity index is 2260. The van der Waals surface area contributed by atoms with Crippen LogP contribution in [0.25, 0.3) is 33.2 Å². The van der Waals surface area contributed by atoms with E-state index in [9.17, 15) is 4.79 Å². The molecule has 7 rings (SSSR count). The van der Waals surface area contributed by atoms with Crippen molar-refractivity contribution in [1.29, 1.82) is 0 Å². The van der Waals surface area contributed by atoms with Gasteiger partial charge in [0.25, 0.3) is 0 Å². The Kier molecular flexibility index (Phi) is 12.1. The Hall–Kier alpha value is -5.96. The number of fused-ring (bicyclic) bond motifs is 5. The number of hydrogen-bond donors (Lipinski definition) is 0. The lowest BCUT2D eigenvalue weighted by Gasteiger charge is -2.20. The average molecular weight is 757 g/mol. The summed E-state index contributed by atoms with van der Waals surface area (Å²) in [6, 6.07) is 20.5. The van der Waals surface area contributed by atoms with Gasteiger partial charge in [-0.05, 0) is 109 Å². The number of allylic oxidation sites excluding steroid dienone is 2. The molecule has 9 nitrogen and oxygen atoms in total. The van der Waals surface area contributed by atoms with E-state index in [0.717, 1.165) is 112 Å². The molecule has 0 saturated heterocycles. The maximum absolute atomic E-state index is 13.5. The van der Waals surface area contributed by atoms with E-state index in [-0.39, 0.29) is 19.2 Å². The number of ether oxygens (including phenoxy) is 7. The van der Waals surface area contributed by atoms with E-state index in [0.29, 0.717) is 36.9 Å². The SMILES string of the molecule is C=CCc1ccc(OCCCCCCOC(=O)Cc2c3[n+](cc4c(OC)c(OC)ccc24)CCc2cc4c(cc2-3)OCO4)c(-c2ccc(OC)c(CC=C)c2)c1. The highest BCUT2D eigenvalue weighted by Gasteiger charge is 2.33. The van der Waals surface area contributed by atoms with Crippen LogP contribution in [-0.2, 0) is 41.8 Å². The highest BCUT2D eigenvalue weighted by Crippen LogP contribution is 2.44. The van der Waals surface area contributed by atoms with Gasteiger partial charge >= 0.3 is 5.97 Å². The summed E-state index contributed by atoms with van der Waals surface area (Å²) >= 11 is 0. The highest BCUT2D eigenvalue weighted by atomic mass is 16.7. The molecular formula is C47H50NO8+. The van der Waals surface area contributed by atoms with E-state index in [1.54, 1.807) is 21.3 Å². The topological polar surface area (TPSA) is 85.6 Å². The number of aromatic nitrogens is 1. The molecule has 0 N–H and O–H groups in total. The van der Waals surface area contributed by atoms with Crippen LogP contribution in [0.4, 0.5) is 0 Å². The predicted octanol–water partition coefficient (Wildman–Crippen LogP) is 8.95. The lowest BCUT2D eigenvalue weighted by atomic mass is 9.90. The summed E-state index contributed by atoms with van der Waals surface area (Å²) in [6.07, 6.45) is 11.8. The molecule has 0 spiro atoms. The first kappa shape index (κ1) is 38.3. The van der Waals surface area contributed by atoms with E-state index >= 15 is 0 Å². The second-order valence-corrected chi connectivity index (χ2v) is 14.0. The third-order valence-corrected chi connectivity index (χ3v) is 10.5. The molecule has 4 aromatic carbocycles. The summed E-state index contributed by atoms with van der Waals surface area (Å²) in [5.74, 6) is 4.15. The quantitative estimate of drug-likeness (QED) is 0.0379. The van der Waals surface area contributed by atoms with Gasteiger partial charge in [0.15, 0.2) is 35.7 Å². The fourth-order valence-corrected chi connectivity index (χ4v) is 7.79. The highest BCUT2D eigenvalue weighted by molar-refractivity contribution is 5.97. The van der Waals surface area contributed by atoms with Crippen molar-refractivity contribution in [3.8, 4) is 56.9 Å². The van der Waals surface area contributed by atoms with Crippen molar-refractivity contribution in [2.75, 3.05) is 41.3 Å². The van der Waals surface area contributed by atoms with Crippen molar-refractivity contribution < 1.29 is 42.5 Å². The second kappa shape index (κ2) is 17.7. The molecule has 56 heavy (non-hydrogen) atoms. The molecule has 5 aromatic rings. The number of pyridine rings is 1. The van der Waals surface area contributed by atoms with E-state index in [4.69, 9.17) is 33.2 Å². The first-order valence-electron chi connectivity index (χ1n) is 19.3. The first-order chi connectivity index (χ1) is 27.5. The van der Waals surface area contributed by atoms with Crippen LogP contribution in [0.1, 0.15) is 47.9 Å². The van der Waals surface area contributed by atoms with Crippen LogP contribution in [0.2, 0.25) is 0 Å². The van der Waals surface area contributed by atoms with Gasteiger partial charge in [-0.15, -0.1) is 13.2 Å². The van der Waals surface area contributed by atoms with Crippen molar-refractivity contribution in [3.05, 3.63) is 114 Å². The lowest BCUT2D eigenvalue weighted by molar-refractivity contribution is -0.686. The number of methoxy groups -OCH3 is 3. The molecule has 0 aliphatic carbocycles. The summed E-state index contributed by atoms with van der Waals surface area (Å²) in [6.45, 7) is 9.70. The third kappa shape index (κ3) is 8.03. The van der Waals surface area contributed by atoms with Crippen molar-refractivity contribution in [1.82, 2.24) is 0 Å². The number of unbranched alkanes of at least 4 members (excludes halogenated alkanes) is 3. The number of nitrogens with zero attached hydrogens (tertiary/aromatic N) is 1. The number of esters is 1. The van der Waals surface area contributed by atoms with Crippen molar-refractivity contribution in [2.45, 2.75) is 57.9 Å². The van der Waals surface area contributed by atoms with Crippen LogP contribution in [0, 0.1) is 0 Å². The van der Waals surface area contributed by atoms with Gasteiger partial charge in [-0.3, -0.25) is 4.79 Å². The molecule has 0 amide bonds. The molecule has 0 radical (unpaired) electrons. The maximum atomic E-state index is 13.5. The average Bonchev–Trinajstić information content (AvgIpc) is 3.68. The largest absolute Gasteiger partial charge is 0.496 e. The fourth-order valence-electron chi connectivity index (χ4n) is 7.79. The molecule has 1 aromatic heterocycles. The normalized spacial score (nSPS) is 12.4. The maximum Gasteiger partial charge on any atom is 0.310 e. The molecule has 2 aliphatic rings. The van der Waals surface area contributed by atoms with Gasteiger partial charge in [0.05, 0.1) is 51.9 Å². The molecular weight excluding hydrogens is 707 g/mol. The Morgan fingerprint density at radius 2 is 1.52 bits per heavy atom. The number of rotatable bonds is 18. The summed E-state index contributed by atoms with van der Waals surface area (Å²) < 4.78 is 42.9. The van der Waals surface area contributed by atoms with Crippen LogP contribution in [0.15, 0.2) is 92.2 Å². The zero-order chi connectivity index (χ0) is 39.0. The van der Waals surface area contributed by atoms with Gasteiger partial charge in [-0.2, -0.15) is 4.57 Å². The Labute approximate surface area is 329 Å². The van der Waals surface area contributed by atoms with Gasteiger partial charge < -0.3 is 33.2 Å². The molecule has 9 heteroatoms. The molecule has 0 saturated carbocycles. The number of aryl methyl sites for hydroxylation is 2. The number of carbonyl (C=O) groups is 1. The van der Waals surface area contributed by atoms with Gasteiger partial charge in [-0.1, -0.05) is 24.3 Å². The molecule has 2 aliphatic heterocycles. The standard InChI is InChI=1S/C47H50NO8/c1-6-12-31-14-17-41(36(24-31)32-15-18-40(50-3)34(25-32)13-7-2)53-22-10-8-9-11-23-54-45(49)28-38-35-16-19-42(51-4)47(52-5)39(35)29-48-21-20-33-26-43-44(56-30-55-43)27-37(33)46(38)48/h6-7,14-19,24-27,29H,1-2,8-13,20-23,28,30H2,3-5H3/q+1. The van der Waals surface area contributed by atoms with Crippen molar-refractivity contribution in [3.63, 3.8) is 0 Å². The summed E-state index contributed by atoms with van der Waals surface area (Å²) in [7, 11) is 4.95. The van der Waals surface area contributed by atoms with Gasteiger partial charge in [0, 0.05) is 22.9 Å². The Morgan fingerprint density at radius 3 is 2.29 bits per heavy atom. The van der Waals surface area contributed by atoms with E-state index < -0.39 is 0 Å². The fraction of sp³-hybridized carbons (Fsp3) is 0.319.